The fourth-order valence-corrected chi connectivity index (χ4v) is 4.39. The van der Waals surface area contributed by atoms with Crippen LogP contribution >= 0.6 is 23.5 Å². The van der Waals surface area contributed by atoms with Crippen molar-refractivity contribution in [3.63, 3.8) is 0 Å². The summed E-state index contributed by atoms with van der Waals surface area (Å²) < 4.78 is 0. The summed E-state index contributed by atoms with van der Waals surface area (Å²) in [5.74, 6) is -0.0686. The molecule has 2 amide bonds. The summed E-state index contributed by atoms with van der Waals surface area (Å²) in [6.45, 7) is 3.23. The number of benzene rings is 1. The fraction of sp³-hybridized carbons (Fsp3) is 0.565. The second kappa shape index (κ2) is 17.7. The first kappa shape index (κ1) is 28.2. The molecule has 0 saturated carbocycles. The third-order valence-corrected chi connectivity index (χ3v) is 6.38. The number of amides is 2. The van der Waals surface area contributed by atoms with Gasteiger partial charge in [-0.3, -0.25) is 19.2 Å². The highest BCUT2D eigenvalue weighted by Gasteiger charge is 2.24. The lowest BCUT2D eigenvalue weighted by Crippen LogP contribution is -2.41. The van der Waals surface area contributed by atoms with E-state index in [0.717, 1.165) is 54.1 Å². The average Bonchev–Trinajstić information content (AvgIpc) is 2.77. The molecule has 1 rings (SSSR count). The van der Waals surface area contributed by atoms with Crippen molar-refractivity contribution in [2.24, 2.45) is 5.73 Å². The summed E-state index contributed by atoms with van der Waals surface area (Å²) in [6, 6.07) is 8.25. The normalized spacial score (nSPS) is 11.6. The average molecular weight is 482 g/mol. The van der Waals surface area contributed by atoms with Crippen LogP contribution in [0.25, 0.3) is 0 Å². The molecule has 0 heterocycles. The number of rotatable bonds is 16. The summed E-state index contributed by atoms with van der Waals surface area (Å²) in [7, 11) is 0. The van der Waals surface area contributed by atoms with E-state index >= 15 is 0 Å². The molecule has 0 radical (unpaired) electrons. The largest absolute Gasteiger partial charge is 0.356 e. The standard InChI is InChI=1S/C23H35N3O4S2/c1-2-3-9-15-25-20(27)13-16-31-23(30)19(26-21(28)12-7-8-14-24)17-22(29)32-18-10-5-4-6-11-18/h4-6,10-11,19H,2-3,7-9,12-17,24H2,1H3,(H,25,27)(H,26,28)/t19-/m0/s1. The van der Waals surface area contributed by atoms with E-state index in [4.69, 9.17) is 5.73 Å². The van der Waals surface area contributed by atoms with E-state index in [9.17, 15) is 19.2 Å². The van der Waals surface area contributed by atoms with Gasteiger partial charge in [0.1, 0.15) is 6.04 Å². The molecule has 1 atom stereocenters. The Labute approximate surface area is 199 Å². The number of nitrogens with two attached hydrogens (primary N) is 1. The Morgan fingerprint density at radius 1 is 0.969 bits per heavy atom. The van der Waals surface area contributed by atoms with E-state index in [1.807, 2.05) is 30.3 Å². The quantitative estimate of drug-likeness (QED) is 0.245. The van der Waals surface area contributed by atoms with E-state index in [2.05, 4.69) is 17.6 Å². The molecule has 0 aliphatic heterocycles. The smallest absolute Gasteiger partial charge is 0.220 e. The van der Waals surface area contributed by atoms with Crippen molar-refractivity contribution in [3.05, 3.63) is 30.3 Å². The van der Waals surface area contributed by atoms with Crippen LogP contribution in [-0.4, -0.2) is 46.9 Å². The summed E-state index contributed by atoms with van der Waals surface area (Å²) in [5.41, 5.74) is 5.46. The highest BCUT2D eigenvalue weighted by atomic mass is 32.2. The third-order valence-electron chi connectivity index (χ3n) is 4.50. The number of carbonyl (C=O) groups excluding carboxylic acids is 4. The van der Waals surface area contributed by atoms with Gasteiger partial charge in [0.2, 0.25) is 16.9 Å². The van der Waals surface area contributed by atoms with Gasteiger partial charge in [-0.2, -0.15) is 0 Å². The topological polar surface area (TPSA) is 118 Å². The summed E-state index contributed by atoms with van der Waals surface area (Å²) >= 11 is 2.03. The molecular weight excluding hydrogens is 446 g/mol. The van der Waals surface area contributed by atoms with Crippen molar-refractivity contribution in [3.8, 4) is 0 Å². The zero-order chi connectivity index (χ0) is 23.6. The van der Waals surface area contributed by atoms with Gasteiger partial charge in [0, 0.05) is 36.5 Å². The highest BCUT2D eigenvalue weighted by Crippen LogP contribution is 2.22. The van der Waals surface area contributed by atoms with Crippen LogP contribution in [0.5, 0.6) is 0 Å². The molecule has 0 bridgehead atoms. The van der Waals surface area contributed by atoms with E-state index in [1.54, 1.807) is 0 Å². The van der Waals surface area contributed by atoms with Gasteiger partial charge in [-0.25, -0.2) is 0 Å². The van der Waals surface area contributed by atoms with Crippen LogP contribution in [0.2, 0.25) is 0 Å². The zero-order valence-corrected chi connectivity index (χ0v) is 20.4. The van der Waals surface area contributed by atoms with Crippen molar-refractivity contribution >= 4 is 45.6 Å². The van der Waals surface area contributed by atoms with Gasteiger partial charge in [0.05, 0.1) is 0 Å². The lowest BCUT2D eigenvalue weighted by atomic mass is 10.2. The monoisotopic (exact) mass is 481 g/mol. The van der Waals surface area contributed by atoms with Gasteiger partial charge in [-0.1, -0.05) is 61.5 Å². The number of unbranched alkanes of at least 4 members (excludes halogenated alkanes) is 3. The maximum atomic E-state index is 12.7. The van der Waals surface area contributed by atoms with Crippen molar-refractivity contribution in [2.45, 2.75) is 69.2 Å². The van der Waals surface area contributed by atoms with Crippen LogP contribution < -0.4 is 16.4 Å². The van der Waals surface area contributed by atoms with Crippen molar-refractivity contribution in [1.29, 1.82) is 0 Å². The molecule has 0 unspecified atom stereocenters. The Hall–Kier alpha value is -1.84. The lowest BCUT2D eigenvalue weighted by molar-refractivity contribution is -0.125. The second-order valence-corrected chi connectivity index (χ2v) is 9.56. The van der Waals surface area contributed by atoms with Gasteiger partial charge in [-0.05, 0) is 37.9 Å². The summed E-state index contributed by atoms with van der Waals surface area (Å²) in [5, 5.41) is 5.02. The van der Waals surface area contributed by atoms with Crippen molar-refractivity contribution in [2.75, 3.05) is 18.8 Å². The number of thioether (sulfide) groups is 2. The maximum absolute atomic E-state index is 12.7. The van der Waals surface area contributed by atoms with Crippen LogP contribution in [0.15, 0.2) is 35.2 Å². The van der Waals surface area contributed by atoms with Gasteiger partial charge < -0.3 is 16.4 Å². The number of hydrogen-bond donors (Lipinski definition) is 3. The number of hydrogen-bond acceptors (Lipinski definition) is 7. The molecule has 0 saturated heterocycles. The number of nitrogens with one attached hydrogen (secondary N) is 2. The molecule has 4 N–H and O–H groups in total. The molecular formula is C23H35N3O4S2. The second-order valence-electron chi connectivity index (χ2n) is 7.33. The van der Waals surface area contributed by atoms with Gasteiger partial charge in [0.15, 0.2) is 5.12 Å². The van der Waals surface area contributed by atoms with Gasteiger partial charge in [-0.15, -0.1) is 0 Å². The molecule has 178 valence electrons. The summed E-state index contributed by atoms with van der Waals surface area (Å²) in [4.78, 5) is 50.1. The van der Waals surface area contributed by atoms with Crippen LogP contribution in [0.4, 0.5) is 0 Å². The van der Waals surface area contributed by atoms with Crippen LogP contribution in [0, 0.1) is 0 Å². The Bertz CT molecular complexity index is 716. The third kappa shape index (κ3) is 13.5. The van der Waals surface area contributed by atoms with Crippen LogP contribution in [-0.2, 0) is 19.2 Å². The van der Waals surface area contributed by atoms with Crippen LogP contribution in [0.3, 0.4) is 0 Å². The first-order valence-corrected chi connectivity index (χ1v) is 12.9. The minimum Gasteiger partial charge on any atom is -0.356 e. The molecule has 32 heavy (non-hydrogen) atoms. The van der Waals surface area contributed by atoms with Crippen LogP contribution in [0.1, 0.15) is 58.3 Å². The Morgan fingerprint density at radius 3 is 2.41 bits per heavy atom. The Morgan fingerprint density at radius 2 is 1.72 bits per heavy atom. The number of carbonyl (C=O) groups is 4. The molecule has 0 aliphatic carbocycles. The fourth-order valence-electron chi connectivity index (χ4n) is 2.75. The first-order valence-electron chi connectivity index (χ1n) is 11.1. The highest BCUT2D eigenvalue weighted by molar-refractivity contribution is 8.14. The van der Waals surface area contributed by atoms with E-state index in [-0.39, 0.29) is 41.3 Å². The van der Waals surface area contributed by atoms with E-state index in [0.29, 0.717) is 25.3 Å². The first-order chi connectivity index (χ1) is 15.5. The molecule has 1 aromatic carbocycles. The Balaban J connectivity index is 2.56. The molecule has 0 spiro atoms. The predicted molar refractivity (Wildman–Crippen MR) is 131 cm³/mol. The SMILES string of the molecule is CCCCCNC(=O)CCSC(=O)[C@H](CC(=O)Sc1ccccc1)NC(=O)CCCCN. The zero-order valence-electron chi connectivity index (χ0n) is 18.8. The molecule has 9 heteroatoms. The van der Waals surface area contributed by atoms with Crippen molar-refractivity contribution in [1.82, 2.24) is 10.6 Å². The lowest BCUT2D eigenvalue weighted by Gasteiger charge is -2.16. The Kier molecular flexibility index (Phi) is 15.6. The van der Waals surface area contributed by atoms with E-state index in [1.165, 1.54) is 0 Å². The molecule has 0 aliphatic rings. The minimum absolute atomic E-state index is 0.0977. The molecule has 0 fully saturated rings. The minimum atomic E-state index is -0.915. The van der Waals surface area contributed by atoms with Gasteiger partial charge >= 0.3 is 0 Å². The van der Waals surface area contributed by atoms with Gasteiger partial charge in [0.25, 0.3) is 0 Å². The maximum Gasteiger partial charge on any atom is 0.220 e. The molecule has 1 aromatic rings. The summed E-state index contributed by atoms with van der Waals surface area (Å²) in [6.07, 6.45) is 4.80. The molecule has 0 aromatic heterocycles. The predicted octanol–water partition coefficient (Wildman–Crippen LogP) is 3.27. The van der Waals surface area contributed by atoms with E-state index < -0.39 is 6.04 Å². The van der Waals surface area contributed by atoms with Crippen molar-refractivity contribution < 1.29 is 19.2 Å². The molecule has 7 nitrogen and oxygen atoms in total.